The van der Waals surface area contributed by atoms with E-state index in [1.54, 1.807) is 0 Å². The lowest BCUT2D eigenvalue weighted by Gasteiger charge is -2.15. The van der Waals surface area contributed by atoms with Gasteiger partial charge in [-0.2, -0.15) is 5.26 Å². The van der Waals surface area contributed by atoms with Gasteiger partial charge in [0.25, 0.3) is 0 Å². The first-order chi connectivity index (χ1) is 5.36. The number of ketones is 1. The van der Waals surface area contributed by atoms with Crippen molar-refractivity contribution < 1.29 is 4.79 Å². The Balaban J connectivity index is 1.80. The number of nitriles is 1. The molecule has 0 aromatic rings. The highest BCUT2D eigenvalue weighted by Gasteiger charge is 2.88. The fraction of sp³-hybridized carbons (Fsp3) is 0.778. The zero-order valence-corrected chi connectivity index (χ0v) is 5.90. The summed E-state index contributed by atoms with van der Waals surface area (Å²) >= 11 is 0. The van der Waals surface area contributed by atoms with Crippen LogP contribution in [0.15, 0.2) is 0 Å². The van der Waals surface area contributed by atoms with Gasteiger partial charge in [0.1, 0.15) is 5.78 Å². The van der Waals surface area contributed by atoms with Crippen LogP contribution in [0.4, 0.5) is 0 Å². The summed E-state index contributed by atoms with van der Waals surface area (Å²) in [7, 11) is 0. The molecule has 0 aromatic heterocycles. The molecule has 3 unspecified atom stereocenters. The van der Waals surface area contributed by atoms with E-state index in [0.29, 0.717) is 17.6 Å². The zero-order chi connectivity index (χ0) is 7.33. The van der Waals surface area contributed by atoms with E-state index in [1.807, 2.05) is 0 Å². The van der Waals surface area contributed by atoms with Crippen LogP contribution in [0.5, 0.6) is 0 Å². The third-order valence-corrected chi connectivity index (χ3v) is 4.21. The average Bonchev–Trinajstić information content (AvgIpc) is 2.84. The Labute approximate surface area is 64.2 Å². The van der Waals surface area contributed by atoms with Gasteiger partial charge in [-0.3, -0.25) is 4.79 Å². The molecule has 0 N–H and O–H groups in total. The van der Waals surface area contributed by atoms with E-state index in [4.69, 9.17) is 5.26 Å². The summed E-state index contributed by atoms with van der Waals surface area (Å²) in [5.74, 6) is 4.10. The summed E-state index contributed by atoms with van der Waals surface area (Å²) < 4.78 is 0. The molecule has 0 aromatic carbocycles. The number of carbonyl (C=O) groups excluding carboxylic acids is 1. The molecule has 2 bridgehead atoms. The highest BCUT2D eigenvalue weighted by atomic mass is 16.1. The van der Waals surface area contributed by atoms with Crippen LogP contribution in [0.25, 0.3) is 0 Å². The first-order valence-corrected chi connectivity index (χ1v) is 4.29. The monoisotopic (exact) mass is 145 g/mol. The second-order valence-electron chi connectivity index (χ2n) is 4.42. The molecule has 0 saturated heterocycles. The van der Waals surface area contributed by atoms with E-state index in [-0.39, 0.29) is 11.8 Å². The smallest absolute Gasteiger partial charge is 0.141 e. The minimum absolute atomic E-state index is 0.132. The van der Waals surface area contributed by atoms with Gasteiger partial charge >= 0.3 is 0 Å². The van der Waals surface area contributed by atoms with Crippen LogP contribution in [0.1, 0.15) is 0 Å². The molecule has 2 nitrogen and oxygen atoms in total. The molecule has 0 spiro atoms. The van der Waals surface area contributed by atoms with Crippen molar-refractivity contribution in [2.24, 2.45) is 41.4 Å². The molecule has 0 aliphatic heterocycles. The molecular formula is C9H7NO. The Morgan fingerprint density at radius 3 is 2.45 bits per heavy atom. The summed E-state index contributed by atoms with van der Waals surface area (Å²) in [5.41, 5.74) is 0. The van der Waals surface area contributed by atoms with Gasteiger partial charge in [0.2, 0.25) is 0 Å². The summed E-state index contributed by atoms with van der Waals surface area (Å²) in [6.45, 7) is 0. The number of hydrogen-bond donors (Lipinski definition) is 0. The van der Waals surface area contributed by atoms with Crippen molar-refractivity contribution in [2.75, 3.05) is 0 Å². The SMILES string of the molecule is N#C[C@H]1[C@H]2C(=O)C3C4C([C@@H]34)[C@@H]12. The van der Waals surface area contributed by atoms with E-state index in [0.717, 1.165) is 17.8 Å². The van der Waals surface area contributed by atoms with E-state index >= 15 is 0 Å². The Bertz CT molecular complexity index is 319. The number of nitrogens with zero attached hydrogens (tertiary/aromatic N) is 1. The zero-order valence-electron chi connectivity index (χ0n) is 5.90. The van der Waals surface area contributed by atoms with Crippen molar-refractivity contribution in [3.05, 3.63) is 0 Å². The first kappa shape index (κ1) is 4.92. The molecule has 5 aliphatic rings. The van der Waals surface area contributed by atoms with Gasteiger partial charge in [0, 0.05) is 11.8 Å². The Morgan fingerprint density at radius 2 is 1.82 bits per heavy atom. The molecular weight excluding hydrogens is 138 g/mol. The second kappa shape index (κ2) is 1.04. The number of rotatable bonds is 0. The first-order valence-electron chi connectivity index (χ1n) is 4.29. The van der Waals surface area contributed by atoms with Crippen LogP contribution >= 0.6 is 0 Å². The maximum atomic E-state index is 11.4. The standard InChI is InChI=1S/C9H7NO/c10-1-2-3-4(2)9(11)8-6-5(3)7(6)8/h2-8H/t2-,3+,4-,5?,6-,7?,8?/m1/s1. The van der Waals surface area contributed by atoms with Crippen LogP contribution in [0.3, 0.4) is 0 Å². The van der Waals surface area contributed by atoms with E-state index < -0.39 is 0 Å². The molecule has 7 atom stereocenters. The van der Waals surface area contributed by atoms with Crippen LogP contribution < -0.4 is 0 Å². The van der Waals surface area contributed by atoms with E-state index in [1.165, 1.54) is 0 Å². The molecule has 5 aliphatic carbocycles. The van der Waals surface area contributed by atoms with Gasteiger partial charge in [-0.25, -0.2) is 0 Å². The maximum absolute atomic E-state index is 11.4. The van der Waals surface area contributed by atoms with Crippen LogP contribution in [0, 0.1) is 52.8 Å². The van der Waals surface area contributed by atoms with Gasteiger partial charge in [-0.1, -0.05) is 0 Å². The maximum Gasteiger partial charge on any atom is 0.141 e. The highest BCUT2D eigenvalue weighted by molar-refractivity contribution is 5.94. The van der Waals surface area contributed by atoms with Crippen molar-refractivity contribution in [3.63, 3.8) is 0 Å². The predicted octanol–water partition coefficient (Wildman–Crippen LogP) is 0.447. The molecule has 0 heterocycles. The fourth-order valence-electron chi connectivity index (χ4n) is 3.54. The van der Waals surface area contributed by atoms with E-state index in [9.17, 15) is 4.79 Å². The van der Waals surface area contributed by atoms with Gasteiger partial charge < -0.3 is 0 Å². The molecule has 5 fully saturated rings. The lowest BCUT2D eigenvalue weighted by molar-refractivity contribution is -0.125. The Hall–Kier alpha value is -0.840. The average molecular weight is 145 g/mol. The quantitative estimate of drug-likeness (QED) is 0.496. The lowest BCUT2D eigenvalue weighted by Crippen LogP contribution is -2.22. The number of hydrogen-bond acceptors (Lipinski definition) is 2. The van der Waals surface area contributed by atoms with Crippen molar-refractivity contribution in [2.45, 2.75) is 0 Å². The van der Waals surface area contributed by atoms with Gasteiger partial charge in [0.05, 0.1) is 12.0 Å². The molecule has 0 radical (unpaired) electrons. The van der Waals surface area contributed by atoms with Crippen LogP contribution in [-0.2, 0) is 4.79 Å². The molecule has 5 saturated carbocycles. The van der Waals surface area contributed by atoms with Gasteiger partial charge in [0.15, 0.2) is 0 Å². The molecule has 5 rings (SSSR count). The largest absolute Gasteiger partial charge is 0.299 e. The second-order valence-corrected chi connectivity index (χ2v) is 4.42. The highest BCUT2D eigenvalue weighted by Crippen LogP contribution is 2.86. The van der Waals surface area contributed by atoms with Gasteiger partial charge in [-0.05, 0) is 23.7 Å². The van der Waals surface area contributed by atoms with Crippen LogP contribution in [-0.4, -0.2) is 5.78 Å². The van der Waals surface area contributed by atoms with Crippen LogP contribution in [0.2, 0.25) is 0 Å². The third kappa shape index (κ3) is 0.306. The number of Topliss-reactive ketones (excluding diaryl/α,β-unsaturated/α-hetero) is 1. The topological polar surface area (TPSA) is 40.9 Å². The predicted molar refractivity (Wildman–Crippen MR) is 35.0 cm³/mol. The van der Waals surface area contributed by atoms with Gasteiger partial charge in [-0.15, -0.1) is 0 Å². The Morgan fingerprint density at radius 1 is 1.09 bits per heavy atom. The Kier molecular flexibility index (Phi) is 0.468. The molecule has 2 heteroatoms. The lowest BCUT2D eigenvalue weighted by atomic mass is 9.87. The molecule has 54 valence electrons. The van der Waals surface area contributed by atoms with Crippen molar-refractivity contribution in [1.82, 2.24) is 0 Å². The van der Waals surface area contributed by atoms with Crippen molar-refractivity contribution >= 4 is 5.78 Å². The summed E-state index contributed by atoms with van der Waals surface area (Å²) in [4.78, 5) is 11.4. The normalized spacial score (nSPS) is 72.6. The van der Waals surface area contributed by atoms with Crippen molar-refractivity contribution in [3.8, 4) is 6.07 Å². The molecule has 0 amide bonds. The minimum atomic E-state index is 0.132. The third-order valence-electron chi connectivity index (χ3n) is 4.21. The van der Waals surface area contributed by atoms with Crippen molar-refractivity contribution in [1.29, 1.82) is 5.26 Å². The minimum Gasteiger partial charge on any atom is -0.299 e. The summed E-state index contributed by atoms with van der Waals surface area (Å²) in [6, 6.07) is 2.26. The summed E-state index contributed by atoms with van der Waals surface area (Å²) in [5, 5.41) is 8.70. The molecule has 11 heavy (non-hydrogen) atoms. The summed E-state index contributed by atoms with van der Waals surface area (Å²) in [6.07, 6.45) is 0. The fourth-order valence-corrected chi connectivity index (χ4v) is 3.54. The van der Waals surface area contributed by atoms with E-state index in [2.05, 4.69) is 6.07 Å². The number of carbonyl (C=O) groups is 1.